The molecular formula is C16H26N2O3. The molecular weight excluding hydrogens is 268 g/mol. The molecule has 1 N–H and O–H groups in total. The summed E-state index contributed by atoms with van der Waals surface area (Å²) in [4.78, 5) is 14.2. The van der Waals surface area contributed by atoms with E-state index in [1.165, 1.54) is 0 Å². The molecule has 0 bridgehead atoms. The number of nitrogens with one attached hydrogen (secondary N) is 1. The maximum atomic E-state index is 11.9. The Balaban J connectivity index is 1.87. The van der Waals surface area contributed by atoms with Gasteiger partial charge in [0.1, 0.15) is 11.4 Å². The fourth-order valence-corrected chi connectivity index (χ4v) is 2.66. The number of carbonyl (C=O) groups excluding carboxylic acids is 1. The number of rotatable bonds is 3. The molecule has 1 aliphatic heterocycles. The molecule has 1 aromatic heterocycles. The highest BCUT2D eigenvalue weighted by atomic mass is 16.6. The maximum Gasteiger partial charge on any atom is 0.407 e. The van der Waals surface area contributed by atoms with Gasteiger partial charge in [-0.1, -0.05) is 0 Å². The van der Waals surface area contributed by atoms with E-state index < -0.39 is 5.60 Å². The van der Waals surface area contributed by atoms with Crippen molar-refractivity contribution in [2.45, 2.75) is 58.2 Å². The van der Waals surface area contributed by atoms with Crippen molar-refractivity contribution in [3.8, 4) is 0 Å². The van der Waals surface area contributed by atoms with Crippen molar-refractivity contribution >= 4 is 6.09 Å². The van der Waals surface area contributed by atoms with Crippen molar-refractivity contribution in [3.63, 3.8) is 0 Å². The molecule has 2 atom stereocenters. The highest BCUT2D eigenvalue weighted by Crippen LogP contribution is 2.24. The zero-order valence-corrected chi connectivity index (χ0v) is 13.4. The van der Waals surface area contributed by atoms with E-state index in [1.807, 2.05) is 32.9 Å². The fraction of sp³-hybridized carbons (Fsp3) is 0.688. The third kappa shape index (κ3) is 4.77. The molecule has 1 aromatic rings. The minimum absolute atomic E-state index is 0.131. The van der Waals surface area contributed by atoms with E-state index in [4.69, 9.17) is 9.15 Å². The molecule has 5 heteroatoms. The Labute approximate surface area is 126 Å². The van der Waals surface area contributed by atoms with Crippen LogP contribution < -0.4 is 5.32 Å². The Morgan fingerprint density at radius 2 is 2.29 bits per heavy atom. The number of alkyl carbamates (subject to hydrolysis) is 1. The number of piperidine rings is 1. The molecule has 1 amide bonds. The molecule has 0 aromatic carbocycles. The number of likely N-dealkylation sites (tertiary alicyclic amines) is 1. The average Bonchev–Trinajstić information content (AvgIpc) is 2.89. The summed E-state index contributed by atoms with van der Waals surface area (Å²) in [5, 5.41) is 2.97. The zero-order valence-electron chi connectivity index (χ0n) is 13.4. The monoisotopic (exact) mass is 294 g/mol. The van der Waals surface area contributed by atoms with Gasteiger partial charge in [-0.15, -0.1) is 0 Å². The minimum Gasteiger partial charge on any atom is -0.468 e. The first-order valence-corrected chi connectivity index (χ1v) is 7.62. The molecule has 1 saturated heterocycles. The van der Waals surface area contributed by atoms with Gasteiger partial charge in [0.05, 0.1) is 12.3 Å². The first kappa shape index (κ1) is 15.9. The lowest BCUT2D eigenvalue weighted by molar-refractivity contribution is 0.0453. The molecule has 1 fully saturated rings. The summed E-state index contributed by atoms with van der Waals surface area (Å²) in [5.41, 5.74) is -0.458. The van der Waals surface area contributed by atoms with Crippen LogP contribution >= 0.6 is 0 Å². The van der Waals surface area contributed by atoms with E-state index in [0.29, 0.717) is 0 Å². The van der Waals surface area contributed by atoms with E-state index in [0.717, 1.165) is 31.7 Å². The summed E-state index contributed by atoms with van der Waals surface area (Å²) >= 11 is 0. The molecule has 0 spiro atoms. The van der Waals surface area contributed by atoms with Crippen molar-refractivity contribution in [3.05, 3.63) is 24.2 Å². The van der Waals surface area contributed by atoms with E-state index in [9.17, 15) is 4.79 Å². The second kappa shape index (κ2) is 6.52. The smallest absolute Gasteiger partial charge is 0.407 e. The Hall–Kier alpha value is -1.49. The topological polar surface area (TPSA) is 54.7 Å². The Kier molecular flexibility index (Phi) is 4.93. The van der Waals surface area contributed by atoms with Crippen LogP contribution in [-0.4, -0.2) is 35.7 Å². The van der Waals surface area contributed by atoms with Gasteiger partial charge in [-0.3, -0.25) is 4.90 Å². The number of furan rings is 1. The van der Waals surface area contributed by atoms with Crippen molar-refractivity contribution < 1.29 is 13.9 Å². The minimum atomic E-state index is -0.458. The molecule has 118 valence electrons. The van der Waals surface area contributed by atoms with Gasteiger partial charge in [-0.05, 0) is 59.2 Å². The van der Waals surface area contributed by atoms with E-state index in [2.05, 4.69) is 17.1 Å². The molecule has 0 unspecified atom stereocenters. The SMILES string of the molecule is C[C@H](c1ccco1)N1CCC[C@H](NC(=O)OC(C)(C)C)C1. The maximum absolute atomic E-state index is 11.9. The Morgan fingerprint density at radius 3 is 2.90 bits per heavy atom. The fourth-order valence-electron chi connectivity index (χ4n) is 2.66. The van der Waals surface area contributed by atoms with Gasteiger partial charge in [0.15, 0.2) is 0 Å². The third-order valence-electron chi connectivity index (χ3n) is 3.68. The average molecular weight is 294 g/mol. The standard InChI is InChI=1S/C16H26N2O3/c1-12(14-8-6-10-20-14)18-9-5-7-13(11-18)17-15(19)21-16(2,3)4/h6,8,10,12-13H,5,7,9,11H2,1-4H3,(H,17,19)/t12-,13+/m1/s1. The van der Waals surface area contributed by atoms with Gasteiger partial charge in [-0.25, -0.2) is 4.79 Å². The summed E-state index contributed by atoms with van der Waals surface area (Å²) in [5.74, 6) is 0.966. The Bertz CT molecular complexity index is 451. The highest BCUT2D eigenvalue weighted by Gasteiger charge is 2.27. The number of hydrogen-bond donors (Lipinski definition) is 1. The summed E-state index contributed by atoms with van der Waals surface area (Å²) in [6.07, 6.45) is 3.42. The van der Waals surface area contributed by atoms with E-state index >= 15 is 0 Å². The van der Waals surface area contributed by atoms with Crippen LogP contribution in [0.15, 0.2) is 22.8 Å². The first-order valence-electron chi connectivity index (χ1n) is 7.62. The van der Waals surface area contributed by atoms with Crippen LogP contribution in [0.25, 0.3) is 0 Å². The van der Waals surface area contributed by atoms with Crippen molar-refractivity contribution in [2.24, 2.45) is 0 Å². The first-order chi connectivity index (χ1) is 9.85. The van der Waals surface area contributed by atoms with Crippen LogP contribution in [0.1, 0.15) is 52.3 Å². The van der Waals surface area contributed by atoms with Crippen LogP contribution in [0.4, 0.5) is 4.79 Å². The Morgan fingerprint density at radius 1 is 1.52 bits per heavy atom. The summed E-state index contributed by atoms with van der Waals surface area (Å²) in [6, 6.07) is 4.26. The van der Waals surface area contributed by atoms with Crippen molar-refractivity contribution in [2.75, 3.05) is 13.1 Å². The predicted octanol–water partition coefficient (Wildman–Crippen LogP) is 3.33. The summed E-state index contributed by atoms with van der Waals surface area (Å²) in [6.45, 7) is 9.60. The predicted molar refractivity (Wildman–Crippen MR) is 81.1 cm³/mol. The van der Waals surface area contributed by atoms with E-state index in [1.54, 1.807) is 6.26 Å². The number of amides is 1. The lowest BCUT2D eigenvalue weighted by Crippen LogP contribution is -2.49. The molecule has 2 heterocycles. The number of ether oxygens (including phenoxy) is 1. The van der Waals surface area contributed by atoms with Gasteiger partial charge in [-0.2, -0.15) is 0 Å². The number of hydrogen-bond acceptors (Lipinski definition) is 4. The quantitative estimate of drug-likeness (QED) is 0.929. The molecule has 2 rings (SSSR count). The van der Waals surface area contributed by atoms with Gasteiger partial charge >= 0.3 is 6.09 Å². The molecule has 5 nitrogen and oxygen atoms in total. The molecule has 0 saturated carbocycles. The van der Waals surface area contributed by atoms with Crippen LogP contribution in [0.2, 0.25) is 0 Å². The summed E-state index contributed by atoms with van der Waals surface area (Å²) < 4.78 is 10.8. The van der Waals surface area contributed by atoms with Crippen LogP contribution in [0, 0.1) is 0 Å². The molecule has 0 aliphatic carbocycles. The van der Waals surface area contributed by atoms with Crippen molar-refractivity contribution in [1.82, 2.24) is 10.2 Å². The van der Waals surface area contributed by atoms with Crippen LogP contribution in [0.3, 0.4) is 0 Å². The van der Waals surface area contributed by atoms with Crippen LogP contribution in [0.5, 0.6) is 0 Å². The van der Waals surface area contributed by atoms with Gasteiger partial charge in [0, 0.05) is 12.6 Å². The summed E-state index contributed by atoms with van der Waals surface area (Å²) in [7, 11) is 0. The lowest BCUT2D eigenvalue weighted by Gasteiger charge is -2.36. The van der Waals surface area contributed by atoms with Gasteiger partial charge < -0.3 is 14.5 Å². The highest BCUT2D eigenvalue weighted by molar-refractivity contribution is 5.68. The second-order valence-electron chi connectivity index (χ2n) is 6.67. The molecule has 0 radical (unpaired) electrons. The third-order valence-corrected chi connectivity index (χ3v) is 3.68. The molecule has 1 aliphatic rings. The second-order valence-corrected chi connectivity index (χ2v) is 6.67. The van der Waals surface area contributed by atoms with E-state index in [-0.39, 0.29) is 18.2 Å². The largest absolute Gasteiger partial charge is 0.468 e. The van der Waals surface area contributed by atoms with Gasteiger partial charge in [0.25, 0.3) is 0 Å². The lowest BCUT2D eigenvalue weighted by atomic mass is 10.0. The zero-order chi connectivity index (χ0) is 15.5. The number of carbonyl (C=O) groups is 1. The molecule has 21 heavy (non-hydrogen) atoms. The van der Waals surface area contributed by atoms with Crippen LogP contribution in [-0.2, 0) is 4.74 Å². The van der Waals surface area contributed by atoms with Gasteiger partial charge in [0.2, 0.25) is 0 Å². The normalized spacial score (nSPS) is 21.8. The number of nitrogens with zero attached hydrogens (tertiary/aromatic N) is 1. The van der Waals surface area contributed by atoms with Crippen molar-refractivity contribution in [1.29, 1.82) is 0 Å².